The maximum Gasteiger partial charge on any atom is 0.303 e. The van der Waals surface area contributed by atoms with Crippen molar-refractivity contribution in [1.29, 1.82) is 0 Å². The van der Waals surface area contributed by atoms with Crippen LogP contribution in [0.15, 0.2) is 140 Å². The molecule has 0 saturated carbocycles. The van der Waals surface area contributed by atoms with Gasteiger partial charge in [0.15, 0.2) is 0 Å². The second-order valence-corrected chi connectivity index (χ2v) is 31.7. The molecule has 1 unspecified atom stereocenters. The average Bonchev–Trinajstić information content (AvgIpc) is 1.64. The summed E-state index contributed by atoms with van der Waals surface area (Å²) in [5.74, 6) is -13.1. The maximum absolute atomic E-state index is 15.3. The van der Waals surface area contributed by atoms with Gasteiger partial charge in [-0.05, 0) is 109 Å². The smallest absolute Gasteiger partial charge is 0.303 e. The van der Waals surface area contributed by atoms with E-state index in [1.54, 1.807) is 39.1 Å². The molecule has 8 aromatic rings. The van der Waals surface area contributed by atoms with Crippen molar-refractivity contribution in [1.82, 2.24) is 83.4 Å². The summed E-state index contributed by atoms with van der Waals surface area (Å²) < 4.78 is 0. The summed E-state index contributed by atoms with van der Waals surface area (Å²) in [6.45, 7) is 7.47. The molecule has 4 aromatic heterocycles. The molecule has 5 heterocycles. The fourth-order valence-electron chi connectivity index (χ4n) is 13.7. The largest absolute Gasteiger partial charge is 0.508 e. The van der Waals surface area contributed by atoms with Crippen LogP contribution in [-0.4, -0.2) is 217 Å². The van der Waals surface area contributed by atoms with Crippen molar-refractivity contribution >= 4 is 122 Å². The fourth-order valence-corrected chi connectivity index (χ4v) is 15.6. The summed E-state index contributed by atoms with van der Waals surface area (Å²) in [6, 6.07) is 11.7. The molecule has 0 radical (unpaired) electrons. The van der Waals surface area contributed by atoms with E-state index >= 15 is 24.0 Å². The summed E-state index contributed by atoms with van der Waals surface area (Å²) in [4.78, 5) is 206. The molecule has 0 aliphatic carbocycles. The minimum Gasteiger partial charge on any atom is -0.508 e. The predicted octanol–water partition coefficient (Wildman–Crippen LogP) is 1.87. The minimum atomic E-state index is -1.92. The van der Waals surface area contributed by atoms with Gasteiger partial charge in [0.2, 0.25) is 70.9 Å². The number of aliphatic hydroxyl groups is 2. The zero-order valence-corrected chi connectivity index (χ0v) is 68.4. The second-order valence-electron chi connectivity index (χ2n) is 29.6. The molecule has 14 atom stereocenters. The molecule has 4 aromatic carbocycles. The van der Waals surface area contributed by atoms with Crippen molar-refractivity contribution in [2.45, 2.75) is 201 Å². The number of carbonyl (C=O) groups is 13. The third-order valence-electron chi connectivity index (χ3n) is 20.2. The van der Waals surface area contributed by atoms with Crippen LogP contribution < -0.4 is 64.2 Å². The first-order valence-corrected chi connectivity index (χ1v) is 41.7. The summed E-state index contributed by atoms with van der Waals surface area (Å²) >= 11 is 2.66. The van der Waals surface area contributed by atoms with E-state index in [2.05, 4.69) is 83.4 Å². The number of aliphatic hydroxyl groups excluding tert-OH is 2. The van der Waals surface area contributed by atoms with E-state index < -0.39 is 174 Å². The Balaban J connectivity index is 1.06. The highest BCUT2D eigenvalue weighted by Gasteiger charge is 2.40. The number of hydrogen-bond acceptors (Lipinski definition) is 21. The number of phenols is 2. The van der Waals surface area contributed by atoms with E-state index in [0.717, 1.165) is 22.0 Å². The van der Waals surface area contributed by atoms with Crippen LogP contribution in [0.3, 0.4) is 0 Å². The molecule has 120 heavy (non-hydrogen) atoms. The van der Waals surface area contributed by atoms with E-state index in [9.17, 15) is 63.9 Å². The number of hydrogen-bond donors (Lipinski definition) is 20. The number of phenolic OH excluding ortho intramolecular Hbond substituents is 2. The number of fused-ring (bicyclic) bond motifs is 4. The van der Waals surface area contributed by atoms with Crippen LogP contribution in [0.4, 0.5) is 0 Å². The van der Waals surface area contributed by atoms with Crippen molar-refractivity contribution in [2.75, 3.05) is 11.5 Å². The molecule has 1 aliphatic heterocycles. The highest BCUT2D eigenvalue weighted by Crippen LogP contribution is 2.29. The number of H-pyrrole nitrogens is 3. The highest BCUT2D eigenvalue weighted by atomic mass is 32.2. The number of aromatic nitrogens is 5. The quantitative estimate of drug-likeness (QED) is 0.0518. The van der Waals surface area contributed by atoms with Gasteiger partial charge >= 0.3 is 5.97 Å². The molecule has 35 nitrogen and oxygen atoms in total. The number of aromatic amines is 3. The predicted molar refractivity (Wildman–Crippen MR) is 446 cm³/mol. The Bertz CT molecular complexity index is 4890. The standard InChI is InChI=1S/C83H103N17O18S2/c1-6-12-59-74(109)92-61(27-28-68(106)107)75(110)93-62(33-47-19-23-53(103)24-20-47)77(112)91-60(13-7-2)76(111)99-71(46(5)102)83(118)97-66(72(84)108)42-120-41-50-15-10-14-49(32-50)40-119-31-29-67(105)98-69(44(3)57-39-87-58-18-9-8-16-56(57)58)81(116)95-63(34-48-21-25-54(104)26-22-48)78(113)94-65(36-52-38-85-43-89-52)80(115)100-70(45(4)101)82(117)96-64(79(114)90-59)35-51-37-88-73-55(51)17-11-30-86-73/h8-11,14-26,30,32,37-39,43-46,59-66,69-71,87,101-104H,6-7,12-13,27-29,31,33-36,40-42H2,1-5H3,(H2,84,108)(H,85,89)(H,86,88)(H,90,114)(H,91,112)(H,92,109)(H,93,110)(H,94,113)(H,95,116)(H,96,117)(H,97,118)(H,98,105)(H,99,111)(H,100,115)(H,106,107)/t44-,45+,46+,59-,60-,61-,62-,63-,64-,65-,66-,69-,70-,71?/m0/s1. The van der Waals surface area contributed by atoms with Gasteiger partial charge in [0.25, 0.3) is 0 Å². The molecule has 12 amide bonds. The van der Waals surface area contributed by atoms with E-state index in [-0.39, 0.29) is 80.8 Å². The van der Waals surface area contributed by atoms with Crippen LogP contribution in [0.2, 0.25) is 0 Å². The normalized spacial score (nSPS) is 23.0. The van der Waals surface area contributed by atoms with Gasteiger partial charge in [0, 0.05) is 114 Å². The first kappa shape index (κ1) is 91.5. The topological polar surface area (TPSA) is 555 Å². The molecule has 37 heteroatoms. The number of nitrogens with one attached hydrogen (secondary N) is 14. The fraction of sp³-hybridized carbons (Fsp3) is 0.410. The number of imidazole rings is 1. The van der Waals surface area contributed by atoms with Gasteiger partial charge in [-0.1, -0.05) is 100 Å². The summed E-state index contributed by atoms with van der Waals surface area (Å²) in [6.07, 6.45) is 1.57. The summed E-state index contributed by atoms with van der Waals surface area (Å²) in [7, 11) is 0. The van der Waals surface area contributed by atoms with Gasteiger partial charge in [0.1, 0.15) is 83.6 Å². The summed E-state index contributed by atoms with van der Waals surface area (Å²) in [5, 5.41) is 83.4. The maximum atomic E-state index is 15.3. The summed E-state index contributed by atoms with van der Waals surface area (Å²) in [5.41, 5.74) is 10.8. The van der Waals surface area contributed by atoms with Crippen molar-refractivity contribution in [3.8, 4) is 11.5 Å². The lowest BCUT2D eigenvalue weighted by Gasteiger charge is -2.29. The SMILES string of the molecule is CCC[C@@H]1NC(=O)[C@H](Cc2ccc(O)cc2)NC(=O)[C@H](CCC(=O)O)NC(=O)[C@H](CCC)NC(=O)[C@H](Cc2c[nH]c3ncccc23)NC(=O)[C@H]([C@@H](C)O)NC(=O)[C@H](Cc2cnc[nH]2)NC(=O)[C@H](Cc2ccc(O)cc2)NC(=O)[C@H]([C@@H](C)c2c[nH]c3ccccc23)NC(=O)CCSCc2cccc(c2)CSC[C@@H](C(N)=O)NC(=O)C([C@@H](C)O)NC1=O. The number of aromatic hydroxyl groups is 2. The van der Waals surface area contributed by atoms with Crippen molar-refractivity contribution in [2.24, 2.45) is 5.73 Å². The van der Waals surface area contributed by atoms with Crippen LogP contribution in [0.5, 0.6) is 11.5 Å². The second kappa shape index (κ2) is 44.4. The molecule has 0 fully saturated rings. The number of pyridine rings is 1. The van der Waals surface area contributed by atoms with Crippen LogP contribution in [0.1, 0.15) is 125 Å². The van der Waals surface area contributed by atoms with Gasteiger partial charge in [-0.3, -0.25) is 62.3 Å². The zero-order valence-electron chi connectivity index (χ0n) is 66.8. The third kappa shape index (κ3) is 26.6. The average molecular weight is 1690 g/mol. The molecule has 2 bridgehead atoms. The number of nitrogens with zero attached hydrogens (tertiary/aromatic N) is 2. The van der Waals surface area contributed by atoms with Crippen LogP contribution in [0, 0.1) is 0 Å². The molecule has 1 aliphatic rings. The van der Waals surface area contributed by atoms with Gasteiger partial charge in [-0.2, -0.15) is 23.5 Å². The Hall–Kier alpha value is -12.4. The Morgan fingerprint density at radius 2 is 0.983 bits per heavy atom. The van der Waals surface area contributed by atoms with Crippen LogP contribution >= 0.6 is 23.5 Å². The monoisotopic (exact) mass is 1690 g/mol. The molecule has 640 valence electrons. The number of carboxylic acids is 1. The first-order valence-electron chi connectivity index (χ1n) is 39.4. The van der Waals surface area contributed by atoms with Crippen molar-refractivity contribution < 1.29 is 87.9 Å². The number of para-hydroxylation sites is 1. The first-order chi connectivity index (χ1) is 57.4. The molecular weight excluding hydrogens is 1590 g/mol. The number of thioether (sulfide) groups is 2. The minimum absolute atomic E-state index is 0.0656. The number of primary amides is 1. The lowest BCUT2D eigenvalue weighted by atomic mass is 9.91. The van der Waals surface area contributed by atoms with Gasteiger partial charge in [-0.25, -0.2) is 9.97 Å². The Morgan fingerprint density at radius 1 is 0.500 bits per heavy atom. The van der Waals surface area contributed by atoms with Crippen LogP contribution in [-0.2, 0) is 99.5 Å². The molecule has 9 rings (SSSR count). The molecular formula is C83H103N17O18S2. The lowest BCUT2D eigenvalue weighted by molar-refractivity contribution is -0.139. The van der Waals surface area contributed by atoms with Gasteiger partial charge in [-0.15, -0.1) is 0 Å². The Kier molecular flexibility index (Phi) is 33.9. The number of nitrogens with two attached hydrogens (primary N) is 1. The van der Waals surface area contributed by atoms with Crippen molar-refractivity contribution in [3.63, 3.8) is 0 Å². The Labute approximate surface area is 699 Å². The van der Waals surface area contributed by atoms with E-state index in [4.69, 9.17) is 5.73 Å². The molecule has 0 saturated heterocycles. The number of rotatable bonds is 20. The lowest BCUT2D eigenvalue weighted by Crippen LogP contribution is -2.62. The highest BCUT2D eigenvalue weighted by molar-refractivity contribution is 7.98. The van der Waals surface area contributed by atoms with E-state index in [1.807, 2.05) is 48.5 Å². The van der Waals surface area contributed by atoms with Crippen molar-refractivity contribution in [3.05, 3.63) is 179 Å². The van der Waals surface area contributed by atoms with Gasteiger partial charge in [0.05, 0.1) is 18.5 Å². The van der Waals surface area contributed by atoms with E-state index in [1.165, 1.54) is 111 Å². The third-order valence-corrected chi connectivity index (χ3v) is 22.3. The van der Waals surface area contributed by atoms with Crippen LogP contribution in [0.25, 0.3) is 21.9 Å². The number of amides is 12. The Morgan fingerprint density at radius 3 is 1.52 bits per heavy atom. The van der Waals surface area contributed by atoms with Gasteiger partial charge < -0.3 is 105 Å². The number of aliphatic carboxylic acids is 1. The van der Waals surface area contributed by atoms with E-state index in [0.29, 0.717) is 50.5 Å². The molecule has 0 spiro atoms. The molecule has 21 N–H and O–H groups in total. The number of carboxylic acid groups (broad SMARTS) is 1. The number of benzene rings is 4. The zero-order chi connectivity index (χ0) is 86.7. The number of carbonyl (C=O) groups excluding carboxylic acids is 12.